The molecule has 2 aromatic heterocycles. The molecule has 2 heterocycles. The molecule has 0 radical (unpaired) electrons. The van der Waals surface area contributed by atoms with E-state index in [9.17, 15) is 0 Å². The molecule has 0 spiro atoms. The molecule has 5 nitrogen and oxygen atoms in total. The van der Waals surface area contributed by atoms with Crippen LogP contribution < -0.4 is 5.73 Å². The molecule has 0 bridgehead atoms. The van der Waals surface area contributed by atoms with Crippen LogP contribution in [0.25, 0.3) is 5.65 Å². The Balaban J connectivity index is 2.17. The van der Waals surface area contributed by atoms with Crippen molar-refractivity contribution in [3.8, 4) is 0 Å². The number of nitrogens with zero attached hydrogens (tertiary/aromatic N) is 3. The quantitative estimate of drug-likeness (QED) is 0.597. The Morgan fingerprint density at radius 3 is 2.94 bits per heavy atom. The Morgan fingerprint density at radius 2 is 2.31 bits per heavy atom. The molecule has 3 rings (SSSR count). The zero-order valence-corrected chi connectivity index (χ0v) is 9.27. The number of aromatic nitrogens is 3. The largest absolute Gasteiger partial charge is 0.384 e. The van der Waals surface area contributed by atoms with E-state index in [1.807, 2.05) is 23.8 Å². The van der Waals surface area contributed by atoms with Crippen molar-refractivity contribution in [3.63, 3.8) is 0 Å². The summed E-state index contributed by atoms with van der Waals surface area (Å²) >= 11 is 0. The smallest absolute Gasteiger partial charge is 0.147 e. The van der Waals surface area contributed by atoms with Crippen molar-refractivity contribution in [2.75, 3.05) is 0 Å². The van der Waals surface area contributed by atoms with Crippen molar-refractivity contribution in [3.05, 3.63) is 23.7 Å². The minimum atomic E-state index is 0.100. The molecule has 0 amide bonds. The number of imidazole rings is 1. The first-order chi connectivity index (χ1) is 7.66. The summed E-state index contributed by atoms with van der Waals surface area (Å²) in [5, 5.41) is 12.0. The van der Waals surface area contributed by atoms with Gasteiger partial charge in [-0.05, 0) is 25.7 Å². The minimum Gasteiger partial charge on any atom is -0.384 e. The number of fused-ring (bicyclic) bond motifs is 1. The van der Waals surface area contributed by atoms with Crippen LogP contribution >= 0.6 is 0 Å². The van der Waals surface area contributed by atoms with Gasteiger partial charge in [0.2, 0.25) is 0 Å². The molecular weight excluding hydrogens is 202 g/mol. The third-order valence-corrected chi connectivity index (χ3v) is 3.14. The Labute approximate surface area is 93.4 Å². The van der Waals surface area contributed by atoms with Crippen molar-refractivity contribution in [2.24, 2.45) is 11.7 Å². The Hall–Kier alpha value is -1.78. The maximum Gasteiger partial charge on any atom is 0.147 e. The molecule has 0 aliphatic heterocycles. The average molecular weight is 217 g/mol. The van der Waals surface area contributed by atoms with Gasteiger partial charge in [0, 0.05) is 18.9 Å². The van der Waals surface area contributed by atoms with Crippen molar-refractivity contribution in [2.45, 2.75) is 26.3 Å². The number of rotatable bonds is 3. The molecule has 1 fully saturated rings. The fraction of sp³-hybridized carbons (Fsp3) is 0.455. The second kappa shape index (κ2) is 3.10. The summed E-state index contributed by atoms with van der Waals surface area (Å²) in [6, 6.07) is 0. The fourth-order valence-electron chi connectivity index (χ4n) is 2.17. The van der Waals surface area contributed by atoms with Crippen LogP contribution in [0.4, 0.5) is 0 Å². The Morgan fingerprint density at radius 1 is 1.56 bits per heavy atom. The lowest BCUT2D eigenvalue weighted by Gasteiger charge is -2.03. The molecule has 1 aliphatic rings. The van der Waals surface area contributed by atoms with Gasteiger partial charge in [-0.3, -0.25) is 5.41 Å². The fourth-order valence-corrected chi connectivity index (χ4v) is 2.17. The molecule has 2 aromatic rings. The summed E-state index contributed by atoms with van der Waals surface area (Å²) in [6.07, 6.45) is 6.57. The van der Waals surface area contributed by atoms with E-state index in [1.165, 1.54) is 12.8 Å². The number of nitrogens with one attached hydrogen (secondary N) is 1. The predicted octanol–water partition coefficient (Wildman–Crippen LogP) is 1.14. The zero-order valence-electron chi connectivity index (χ0n) is 9.27. The standard InChI is InChI=1S/C11H15N5/c1-7-9(10(12)13)11-15(6-8-2-3-8)4-5-16(11)14-7/h4-5,8H,2-3,6H2,1H3,(H3,12,13). The van der Waals surface area contributed by atoms with Gasteiger partial charge in [-0.15, -0.1) is 0 Å². The van der Waals surface area contributed by atoms with E-state index in [0.717, 1.165) is 29.4 Å². The van der Waals surface area contributed by atoms with Gasteiger partial charge in [0.1, 0.15) is 11.5 Å². The van der Waals surface area contributed by atoms with Crippen LogP contribution in [0.15, 0.2) is 12.4 Å². The van der Waals surface area contributed by atoms with Gasteiger partial charge < -0.3 is 10.3 Å². The number of amidine groups is 1. The van der Waals surface area contributed by atoms with Crippen LogP contribution in [-0.4, -0.2) is 20.0 Å². The highest BCUT2D eigenvalue weighted by Crippen LogP contribution is 2.31. The molecule has 0 saturated heterocycles. The minimum absolute atomic E-state index is 0.100. The highest BCUT2D eigenvalue weighted by molar-refractivity contribution is 6.01. The van der Waals surface area contributed by atoms with E-state index in [4.69, 9.17) is 11.1 Å². The van der Waals surface area contributed by atoms with E-state index in [2.05, 4.69) is 9.67 Å². The summed E-state index contributed by atoms with van der Waals surface area (Å²) in [5.74, 6) is 0.898. The van der Waals surface area contributed by atoms with E-state index in [0.29, 0.717) is 0 Å². The van der Waals surface area contributed by atoms with Crippen molar-refractivity contribution >= 4 is 11.5 Å². The first-order valence-corrected chi connectivity index (χ1v) is 5.55. The van der Waals surface area contributed by atoms with Crippen molar-refractivity contribution in [1.82, 2.24) is 14.2 Å². The van der Waals surface area contributed by atoms with Crippen LogP contribution in [0, 0.1) is 18.3 Å². The lowest BCUT2D eigenvalue weighted by atomic mass is 10.2. The molecule has 1 saturated carbocycles. The van der Waals surface area contributed by atoms with E-state index < -0.39 is 0 Å². The third-order valence-electron chi connectivity index (χ3n) is 3.14. The Kier molecular flexibility index (Phi) is 1.83. The van der Waals surface area contributed by atoms with Gasteiger partial charge in [-0.1, -0.05) is 0 Å². The van der Waals surface area contributed by atoms with Gasteiger partial charge in [0.15, 0.2) is 0 Å². The molecule has 0 aromatic carbocycles. The molecule has 84 valence electrons. The molecule has 0 atom stereocenters. The summed E-state index contributed by atoms with van der Waals surface area (Å²) in [5.41, 5.74) is 8.17. The first-order valence-electron chi connectivity index (χ1n) is 5.55. The lowest BCUT2D eigenvalue weighted by molar-refractivity contribution is 0.643. The third kappa shape index (κ3) is 1.31. The van der Waals surface area contributed by atoms with Gasteiger partial charge in [-0.25, -0.2) is 4.52 Å². The predicted molar refractivity (Wildman–Crippen MR) is 61.7 cm³/mol. The van der Waals surface area contributed by atoms with Gasteiger partial charge in [0.05, 0.1) is 11.3 Å². The van der Waals surface area contributed by atoms with E-state index in [1.54, 1.807) is 0 Å². The lowest BCUT2D eigenvalue weighted by Crippen LogP contribution is -2.13. The van der Waals surface area contributed by atoms with Gasteiger partial charge >= 0.3 is 0 Å². The number of hydrogen-bond acceptors (Lipinski definition) is 2. The summed E-state index contributed by atoms with van der Waals surface area (Å²) in [4.78, 5) is 0. The van der Waals surface area contributed by atoms with Crippen molar-refractivity contribution < 1.29 is 0 Å². The second-order valence-corrected chi connectivity index (χ2v) is 4.54. The second-order valence-electron chi connectivity index (χ2n) is 4.54. The normalized spacial score (nSPS) is 15.8. The Bertz CT molecular complexity index is 558. The first kappa shape index (κ1) is 9.45. The number of nitrogen functional groups attached to an aromatic ring is 1. The van der Waals surface area contributed by atoms with Crippen LogP contribution in [0.1, 0.15) is 24.1 Å². The average Bonchev–Trinajstić information content (AvgIpc) is 2.85. The van der Waals surface area contributed by atoms with Crippen LogP contribution in [0.2, 0.25) is 0 Å². The maximum atomic E-state index is 7.62. The SMILES string of the molecule is Cc1nn2ccn(CC3CC3)c2c1C(=N)N. The van der Waals surface area contributed by atoms with Crippen LogP contribution in [0.3, 0.4) is 0 Å². The zero-order chi connectivity index (χ0) is 11.3. The van der Waals surface area contributed by atoms with E-state index in [-0.39, 0.29) is 5.84 Å². The van der Waals surface area contributed by atoms with E-state index >= 15 is 0 Å². The summed E-state index contributed by atoms with van der Waals surface area (Å²) in [6.45, 7) is 2.91. The molecule has 3 N–H and O–H groups in total. The van der Waals surface area contributed by atoms with Gasteiger partial charge in [0.25, 0.3) is 0 Å². The summed E-state index contributed by atoms with van der Waals surface area (Å²) < 4.78 is 3.98. The highest BCUT2D eigenvalue weighted by Gasteiger charge is 2.24. The highest BCUT2D eigenvalue weighted by atomic mass is 15.3. The van der Waals surface area contributed by atoms with Crippen molar-refractivity contribution in [1.29, 1.82) is 5.41 Å². The topological polar surface area (TPSA) is 72.1 Å². The molecule has 5 heteroatoms. The maximum absolute atomic E-state index is 7.62. The molecule has 1 aliphatic carbocycles. The summed E-state index contributed by atoms with van der Waals surface area (Å²) in [7, 11) is 0. The van der Waals surface area contributed by atoms with Crippen LogP contribution in [0.5, 0.6) is 0 Å². The van der Waals surface area contributed by atoms with Gasteiger partial charge in [-0.2, -0.15) is 5.10 Å². The van der Waals surface area contributed by atoms with Crippen LogP contribution in [-0.2, 0) is 6.54 Å². The number of hydrogen-bond donors (Lipinski definition) is 2. The molecule has 0 unspecified atom stereocenters. The number of nitrogens with two attached hydrogens (primary N) is 1. The molecule has 16 heavy (non-hydrogen) atoms. The monoisotopic (exact) mass is 217 g/mol. The molecular formula is C11H15N5. The number of aryl methyl sites for hydroxylation is 1.